The zero-order valence-electron chi connectivity index (χ0n) is 11.2. The molecule has 1 N–H and O–H groups in total. The Morgan fingerprint density at radius 2 is 1.94 bits per heavy atom. The van der Waals surface area contributed by atoms with Gasteiger partial charge in [-0.3, -0.25) is 0 Å². The fourth-order valence-corrected chi connectivity index (χ4v) is 2.73. The molecule has 0 bridgehead atoms. The summed E-state index contributed by atoms with van der Waals surface area (Å²) < 4.78 is 5.94. The van der Waals surface area contributed by atoms with Gasteiger partial charge in [-0.1, -0.05) is 0 Å². The number of rotatable bonds is 7. The maximum Gasteiger partial charge on any atom is 0.119 e. The van der Waals surface area contributed by atoms with Crippen molar-refractivity contribution in [1.29, 1.82) is 0 Å². The first-order valence-corrected chi connectivity index (χ1v) is 8.27. The van der Waals surface area contributed by atoms with Crippen molar-refractivity contribution in [2.24, 2.45) is 0 Å². The average Bonchev–Trinajstić information content (AvgIpc) is 2.89. The van der Waals surface area contributed by atoms with Crippen molar-refractivity contribution in [2.45, 2.75) is 38.2 Å². The van der Waals surface area contributed by atoms with E-state index in [0.29, 0.717) is 6.10 Å². The van der Waals surface area contributed by atoms with E-state index in [1.807, 2.05) is 11.8 Å². The van der Waals surface area contributed by atoms with Crippen molar-refractivity contribution in [3.8, 4) is 5.75 Å². The molecule has 2 rings (SSSR count). The molecule has 0 aliphatic heterocycles. The third kappa shape index (κ3) is 4.45. The first kappa shape index (κ1) is 13.6. The predicted octanol–water partition coefficient (Wildman–Crippen LogP) is 4.17. The molecule has 0 saturated heterocycles. The van der Waals surface area contributed by atoms with Crippen LogP contribution in [0.15, 0.2) is 24.3 Å². The van der Waals surface area contributed by atoms with Crippen LogP contribution in [0.2, 0.25) is 0 Å². The molecule has 0 heterocycles. The van der Waals surface area contributed by atoms with Crippen LogP contribution in [0.4, 0.5) is 5.69 Å². The van der Waals surface area contributed by atoms with E-state index < -0.39 is 0 Å². The topological polar surface area (TPSA) is 21.3 Å². The summed E-state index contributed by atoms with van der Waals surface area (Å²) in [6.45, 7) is 1.05. The minimum Gasteiger partial charge on any atom is -0.490 e. The lowest BCUT2D eigenvalue weighted by Gasteiger charge is -2.13. The molecule has 3 heteroatoms. The SMILES string of the molecule is CSCCCNc1ccc(OC2CCCC2)cc1. The van der Waals surface area contributed by atoms with Crippen LogP contribution in [-0.4, -0.2) is 24.7 Å². The Kier molecular flexibility index (Phi) is 5.72. The number of ether oxygens (including phenoxy) is 1. The molecule has 1 aromatic carbocycles. The van der Waals surface area contributed by atoms with Crippen LogP contribution in [0.3, 0.4) is 0 Å². The summed E-state index contributed by atoms with van der Waals surface area (Å²) in [6, 6.07) is 8.39. The Morgan fingerprint density at radius 1 is 1.22 bits per heavy atom. The molecule has 2 nitrogen and oxygen atoms in total. The summed E-state index contributed by atoms with van der Waals surface area (Å²) in [6.07, 6.45) is 8.88. The first-order valence-electron chi connectivity index (χ1n) is 6.88. The summed E-state index contributed by atoms with van der Waals surface area (Å²) >= 11 is 1.90. The van der Waals surface area contributed by atoms with Crippen LogP contribution >= 0.6 is 11.8 Å². The number of thioether (sulfide) groups is 1. The van der Waals surface area contributed by atoms with Gasteiger partial charge in [0, 0.05) is 12.2 Å². The third-order valence-electron chi connectivity index (χ3n) is 3.31. The molecule has 0 radical (unpaired) electrons. The molecule has 0 unspecified atom stereocenters. The van der Waals surface area contributed by atoms with Gasteiger partial charge < -0.3 is 10.1 Å². The van der Waals surface area contributed by atoms with Crippen molar-refractivity contribution in [3.63, 3.8) is 0 Å². The summed E-state index contributed by atoms with van der Waals surface area (Å²) in [5, 5.41) is 3.43. The van der Waals surface area contributed by atoms with Crippen molar-refractivity contribution in [3.05, 3.63) is 24.3 Å². The maximum atomic E-state index is 5.94. The van der Waals surface area contributed by atoms with Crippen molar-refractivity contribution >= 4 is 17.4 Å². The van der Waals surface area contributed by atoms with E-state index in [9.17, 15) is 0 Å². The lowest BCUT2D eigenvalue weighted by atomic mass is 10.2. The van der Waals surface area contributed by atoms with Gasteiger partial charge >= 0.3 is 0 Å². The smallest absolute Gasteiger partial charge is 0.119 e. The predicted molar refractivity (Wildman–Crippen MR) is 80.8 cm³/mol. The van der Waals surface area contributed by atoms with E-state index in [-0.39, 0.29) is 0 Å². The zero-order valence-corrected chi connectivity index (χ0v) is 12.0. The highest BCUT2D eigenvalue weighted by atomic mass is 32.2. The Labute approximate surface area is 114 Å². The van der Waals surface area contributed by atoms with Gasteiger partial charge in [-0.25, -0.2) is 0 Å². The lowest BCUT2D eigenvalue weighted by Crippen LogP contribution is -2.10. The van der Waals surface area contributed by atoms with Gasteiger partial charge in [-0.05, 0) is 68.4 Å². The van der Waals surface area contributed by atoms with E-state index in [0.717, 1.165) is 12.3 Å². The molecule has 0 aromatic heterocycles. The second-order valence-electron chi connectivity index (χ2n) is 4.82. The van der Waals surface area contributed by atoms with E-state index in [4.69, 9.17) is 4.74 Å². The number of benzene rings is 1. The van der Waals surface area contributed by atoms with E-state index in [1.54, 1.807) is 0 Å². The highest BCUT2D eigenvalue weighted by Gasteiger charge is 2.16. The minimum absolute atomic E-state index is 0.449. The van der Waals surface area contributed by atoms with Gasteiger partial charge in [0.2, 0.25) is 0 Å². The first-order chi connectivity index (χ1) is 8.88. The summed E-state index contributed by atoms with van der Waals surface area (Å²) in [7, 11) is 0. The second-order valence-corrected chi connectivity index (χ2v) is 5.81. The lowest BCUT2D eigenvalue weighted by molar-refractivity contribution is 0.210. The Morgan fingerprint density at radius 3 is 2.61 bits per heavy atom. The number of nitrogens with one attached hydrogen (secondary N) is 1. The Bertz CT molecular complexity index is 333. The van der Waals surface area contributed by atoms with Crippen LogP contribution in [0.25, 0.3) is 0 Å². The molecule has 1 aliphatic carbocycles. The van der Waals surface area contributed by atoms with Crippen molar-refractivity contribution in [1.82, 2.24) is 0 Å². The second kappa shape index (κ2) is 7.57. The summed E-state index contributed by atoms with van der Waals surface area (Å²) in [5.74, 6) is 2.23. The Hall–Kier alpha value is -0.830. The van der Waals surface area contributed by atoms with Gasteiger partial charge in [0.05, 0.1) is 6.10 Å². The fourth-order valence-electron chi connectivity index (χ4n) is 2.30. The summed E-state index contributed by atoms with van der Waals surface area (Å²) in [4.78, 5) is 0. The Balaban J connectivity index is 1.74. The van der Waals surface area contributed by atoms with Crippen LogP contribution < -0.4 is 10.1 Å². The number of hydrogen-bond donors (Lipinski definition) is 1. The van der Waals surface area contributed by atoms with Crippen LogP contribution in [0, 0.1) is 0 Å². The molecule has 0 atom stereocenters. The number of hydrogen-bond acceptors (Lipinski definition) is 3. The molecule has 1 aromatic rings. The third-order valence-corrected chi connectivity index (χ3v) is 4.01. The van der Waals surface area contributed by atoms with E-state index in [2.05, 4.69) is 35.8 Å². The molecule has 0 amide bonds. The summed E-state index contributed by atoms with van der Waals surface area (Å²) in [5.41, 5.74) is 1.19. The van der Waals surface area contributed by atoms with E-state index in [1.165, 1.54) is 43.5 Å². The fraction of sp³-hybridized carbons (Fsp3) is 0.600. The normalized spacial score (nSPS) is 15.8. The molecule has 1 aliphatic rings. The standard InChI is InChI=1S/C15H23NOS/c1-18-12-4-11-16-13-7-9-15(10-8-13)17-14-5-2-3-6-14/h7-10,14,16H,2-6,11-12H2,1H3. The van der Waals surface area contributed by atoms with Crippen LogP contribution in [0.5, 0.6) is 5.75 Å². The van der Waals surface area contributed by atoms with Gasteiger partial charge in [-0.15, -0.1) is 0 Å². The largest absolute Gasteiger partial charge is 0.490 e. The van der Waals surface area contributed by atoms with Crippen molar-refractivity contribution < 1.29 is 4.74 Å². The van der Waals surface area contributed by atoms with Gasteiger partial charge in [0.15, 0.2) is 0 Å². The molecular weight excluding hydrogens is 242 g/mol. The van der Waals surface area contributed by atoms with Gasteiger partial charge in [0.25, 0.3) is 0 Å². The quantitative estimate of drug-likeness (QED) is 0.748. The molecule has 100 valence electrons. The highest BCUT2D eigenvalue weighted by Crippen LogP contribution is 2.24. The average molecular weight is 265 g/mol. The molecule has 1 saturated carbocycles. The molecule has 1 fully saturated rings. The maximum absolute atomic E-state index is 5.94. The monoisotopic (exact) mass is 265 g/mol. The number of anilines is 1. The zero-order chi connectivity index (χ0) is 12.6. The van der Waals surface area contributed by atoms with Crippen LogP contribution in [-0.2, 0) is 0 Å². The van der Waals surface area contributed by atoms with Gasteiger partial charge in [0.1, 0.15) is 5.75 Å². The minimum atomic E-state index is 0.449. The van der Waals surface area contributed by atoms with Crippen LogP contribution in [0.1, 0.15) is 32.1 Å². The van der Waals surface area contributed by atoms with Crippen molar-refractivity contribution in [2.75, 3.05) is 23.9 Å². The molecular formula is C15H23NOS. The highest BCUT2D eigenvalue weighted by molar-refractivity contribution is 7.98. The van der Waals surface area contributed by atoms with Gasteiger partial charge in [-0.2, -0.15) is 11.8 Å². The molecule has 18 heavy (non-hydrogen) atoms. The molecule has 0 spiro atoms. The van der Waals surface area contributed by atoms with E-state index >= 15 is 0 Å².